The van der Waals surface area contributed by atoms with Crippen molar-refractivity contribution in [2.45, 2.75) is 46.2 Å². The van der Waals surface area contributed by atoms with Crippen molar-refractivity contribution in [2.24, 2.45) is 4.99 Å². The van der Waals surface area contributed by atoms with E-state index >= 15 is 0 Å². The Hall–Kier alpha value is -1.81. The summed E-state index contributed by atoms with van der Waals surface area (Å²) in [4.78, 5) is 9.67. The molecule has 1 aliphatic heterocycles. The number of halogens is 1. The molecule has 0 bridgehead atoms. The standard InChI is InChI=1S/C23H36N6O.HI/c1-5-24-23(26-17-21-15-22(18(2)3)27-30-21)25-16-19(4)28-11-13-29(14-12-28)20-9-7-6-8-10-20;/h6-10,15,18-19H,5,11-14,16-17H2,1-4H3,(H2,24,25,26);1H. The lowest BCUT2D eigenvalue weighted by Gasteiger charge is -2.39. The molecule has 1 saturated heterocycles. The third kappa shape index (κ3) is 7.68. The van der Waals surface area contributed by atoms with Gasteiger partial charge in [0.25, 0.3) is 0 Å². The van der Waals surface area contributed by atoms with Gasteiger partial charge in [0.2, 0.25) is 0 Å². The summed E-state index contributed by atoms with van der Waals surface area (Å²) in [6.45, 7) is 15.0. The van der Waals surface area contributed by atoms with E-state index in [0.717, 1.165) is 56.7 Å². The number of hydrogen-bond donors (Lipinski definition) is 2. The first-order valence-corrected chi connectivity index (χ1v) is 11.1. The maximum absolute atomic E-state index is 5.40. The summed E-state index contributed by atoms with van der Waals surface area (Å²) in [6.07, 6.45) is 0. The topological polar surface area (TPSA) is 68.9 Å². The summed E-state index contributed by atoms with van der Waals surface area (Å²) in [5.74, 6) is 1.97. The molecule has 1 aromatic carbocycles. The average molecular weight is 540 g/mol. The first-order chi connectivity index (χ1) is 14.6. The van der Waals surface area contributed by atoms with Gasteiger partial charge in [0.05, 0.1) is 5.69 Å². The molecule has 0 amide bonds. The molecule has 7 nitrogen and oxygen atoms in total. The highest BCUT2D eigenvalue weighted by atomic mass is 127. The third-order valence-corrected chi connectivity index (χ3v) is 5.53. The van der Waals surface area contributed by atoms with Crippen molar-refractivity contribution in [3.8, 4) is 0 Å². The largest absolute Gasteiger partial charge is 0.369 e. The van der Waals surface area contributed by atoms with Crippen LogP contribution in [0.25, 0.3) is 0 Å². The van der Waals surface area contributed by atoms with E-state index in [0.29, 0.717) is 18.5 Å². The fourth-order valence-corrected chi connectivity index (χ4v) is 3.61. The molecule has 1 aromatic heterocycles. The summed E-state index contributed by atoms with van der Waals surface area (Å²) in [7, 11) is 0. The van der Waals surface area contributed by atoms with Crippen LogP contribution in [0.2, 0.25) is 0 Å². The number of piperazine rings is 1. The zero-order valence-electron chi connectivity index (χ0n) is 19.2. The van der Waals surface area contributed by atoms with E-state index in [1.165, 1.54) is 5.69 Å². The Morgan fingerprint density at radius 2 is 1.81 bits per heavy atom. The van der Waals surface area contributed by atoms with Gasteiger partial charge in [-0.3, -0.25) is 4.90 Å². The summed E-state index contributed by atoms with van der Waals surface area (Å²) in [5.41, 5.74) is 2.29. The molecule has 1 aliphatic rings. The predicted octanol–water partition coefficient (Wildman–Crippen LogP) is 3.68. The highest BCUT2D eigenvalue weighted by Gasteiger charge is 2.21. The fourth-order valence-electron chi connectivity index (χ4n) is 3.61. The van der Waals surface area contributed by atoms with Crippen LogP contribution >= 0.6 is 24.0 Å². The lowest BCUT2D eigenvalue weighted by Crippen LogP contribution is -2.53. The smallest absolute Gasteiger partial charge is 0.191 e. The molecule has 3 rings (SSSR count). The Labute approximate surface area is 203 Å². The number of guanidine groups is 1. The molecule has 0 spiro atoms. The van der Waals surface area contributed by atoms with Crippen LogP contribution in [0, 0.1) is 0 Å². The Morgan fingerprint density at radius 3 is 2.42 bits per heavy atom. The van der Waals surface area contributed by atoms with Crippen LogP contribution in [-0.4, -0.2) is 61.3 Å². The SMILES string of the molecule is CCNC(=NCc1cc(C(C)C)no1)NCC(C)N1CCN(c2ccccc2)CC1.I. The van der Waals surface area contributed by atoms with Gasteiger partial charge in [-0.2, -0.15) is 0 Å². The van der Waals surface area contributed by atoms with Gasteiger partial charge in [0.1, 0.15) is 6.54 Å². The number of para-hydroxylation sites is 1. The van der Waals surface area contributed by atoms with Crippen LogP contribution in [0.3, 0.4) is 0 Å². The molecule has 1 atom stereocenters. The van der Waals surface area contributed by atoms with E-state index in [2.05, 4.69) is 88.6 Å². The lowest BCUT2D eigenvalue weighted by molar-refractivity contribution is 0.197. The number of benzene rings is 1. The molecular formula is C23H37IN6O. The van der Waals surface area contributed by atoms with E-state index < -0.39 is 0 Å². The molecule has 2 N–H and O–H groups in total. The zero-order valence-corrected chi connectivity index (χ0v) is 21.5. The van der Waals surface area contributed by atoms with Crippen molar-refractivity contribution in [1.82, 2.24) is 20.7 Å². The number of aromatic nitrogens is 1. The lowest BCUT2D eigenvalue weighted by atomic mass is 10.1. The number of nitrogens with one attached hydrogen (secondary N) is 2. The van der Waals surface area contributed by atoms with Gasteiger partial charge in [-0.25, -0.2) is 4.99 Å². The highest BCUT2D eigenvalue weighted by Crippen LogP contribution is 2.17. The van der Waals surface area contributed by atoms with Gasteiger partial charge >= 0.3 is 0 Å². The van der Waals surface area contributed by atoms with Crippen LogP contribution < -0.4 is 15.5 Å². The monoisotopic (exact) mass is 540 g/mol. The van der Waals surface area contributed by atoms with E-state index in [9.17, 15) is 0 Å². The van der Waals surface area contributed by atoms with E-state index in [1.54, 1.807) is 0 Å². The van der Waals surface area contributed by atoms with Gasteiger partial charge in [0, 0.05) is 57.1 Å². The van der Waals surface area contributed by atoms with Crippen LogP contribution in [-0.2, 0) is 6.54 Å². The number of aliphatic imine (C=N–C) groups is 1. The zero-order chi connectivity index (χ0) is 21.3. The summed E-state index contributed by atoms with van der Waals surface area (Å²) < 4.78 is 5.40. The normalized spacial score (nSPS) is 16.2. The number of nitrogens with zero attached hydrogens (tertiary/aromatic N) is 4. The summed E-state index contributed by atoms with van der Waals surface area (Å²) in [5, 5.41) is 10.9. The second-order valence-electron chi connectivity index (χ2n) is 8.16. The minimum atomic E-state index is 0. The van der Waals surface area contributed by atoms with Crippen molar-refractivity contribution in [2.75, 3.05) is 44.2 Å². The second-order valence-corrected chi connectivity index (χ2v) is 8.16. The average Bonchev–Trinajstić information content (AvgIpc) is 3.26. The Kier molecular flexibility index (Phi) is 10.6. The van der Waals surface area contributed by atoms with Crippen molar-refractivity contribution in [3.63, 3.8) is 0 Å². The highest BCUT2D eigenvalue weighted by molar-refractivity contribution is 14.0. The van der Waals surface area contributed by atoms with Crippen LogP contribution in [0.5, 0.6) is 0 Å². The molecule has 1 fully saturated rings. The van der Waals surface area contributed by atoms with Crippen molar-refractivity contribution >= 4 is 35.6 Å². The van der Waals surface area contributed by atoms with Gasteiger partial charge < -0.3 is 20.1 Å². The van der Waals surface area contributed by atoms with E-state index in [-0.39, 0.29) is 24.0 Å². The Balaban J connectivity index is 0.00000341. The van der Waals surface area contributed by atoms with E-state index in [4.69, 9.17) is 4.52 Å². The van der Waals surface area contributed by atoms with Crippen molar-refractivity contribution in [1.29, 1.82) is 0 Å². The van der Waals surface area contributed by atoms with Crippen molar-refractivity contribution < 1.29 is 4.52 Å². The van der Waals surface area contributed by atoms with Gasteiger partial charge in [0.15, 0.2) is 11.7 Å². The minimum Gasteiger partial charge on any atom is -0.369 e. The van der Waals surface area contributed by atoms with Crippen molar-refractivity contribution in [3.05, 3.63) is 47.9 Å². The van der Waals surface area contributed by atoms with Crippen LogP contribution in [0.1, 0.15) is 45.1 Å². The molecule has 1 unspecified atom stereocenters. The predicted molar refractivity (Wildman–Crippen MR) is 139 cm³/mol. The molecule has 0 saturated carbocycles. The van der Waals surface area contributed by atoms with Gasteiger partial charge in [-0.15, -0.1) is 24.0 Å². The Morgan fingerprint density at radius 1 is 1.10 bits per heavy atom. The minimum absolute atomic E-state index is 0. The molecular weight excluding hydrogens is 503 g/mol. The van der Waals surface area contributed by atoms with Gasteiger partial charge in [-0.1, -0.05) is 37.2 Å². The Bertz CT molecular complexity index is 786. The summed E-state index contributed by atoms with van der Waals surface area (Å²) >= 11 is 0. The van der Waals surface area contributed by atoms with Gasteiger partial charge in [-0.05, 0) is 31.9 Å². The maximum atomic E-state index is 5.40. The molecule has 8 heteroatoms. The first-order valence-electron chi connectivity index (χ1n) is 11.1. The quantitative estimate of drug-likeness (QED) is 0.303. The number of hydrogen-bond acceptors (Lipinski definition) is 5. The molecule has 2 aromatic rings. The maximum Gasteiger partial charge on any atom is 0.191 e. The molecule has 31 heavy (non-hydrogen) atoms. The molecule has 0 aliphatic carbocycles. The van der Waals surface area contributed by atoms with E-state index in [1.807, 2.05) is 6.07 Å². The number of rotatable bonds is 8. The summed E-state index contributed by atoms with van der Waals surface area (Å²) in [6, 6.07) is 13.1. The van der Waals surface area contributed by atoms with Crippen LogP contribution in [0.15, 0.2) is 45.9 Å². The first kappa shape index (κ1) is 25.5. The molecule has 2 heterocycles. The molecule has 0 radical (unpaired) electrons. The van der Waals surface area contributed by atoms with Crippen LogP contribution in [0.4, 0.5) is 5.69 Å². The second kappa shape index (κ2) is 12.9. The number of anilines is 1. The third-order valence-electron chi connectivity index (χ3n) is 5.53. The fraction of sp³-hybridized carbons (Fsp3) is 0.565. The molecule has 172 valence electrons.